The van der Waals surface area contributed by atoms with Gasteiger partial charge < -0.3 is 5.11 Å². The minimum absolute atomic E-state index is 0.249. The van der Waals surface area contributed by atoms with Crippen molar-refractivity contribution in [1.82, 2.24) is 0 Å². The summed E-state index contributed by atoms with van der Waals surface area (Å²) in [5.74, 6) is -0.725. The van der Waals surface area contributed by atoms with Crippen molar-refractivity contribution in [3.8, 4) is 0 Å². The molecule has 11 heavy (non-hydrogen) atoms. The molecule has 0 unspecified atom stereocenters. The quantitative estimate of drug-likeness (QED) is 0.621. The summed E-state index contributed by atoms with van der Waals surface area (Å²) in [5, 5.41) is 8.33. The minimum atomic E-state index is -0.725. The first kappa shape index (κ1) is 7.83. The van der Waals surface area contributed by atoms with Gasteiger partial charge in [-0.1, -0.05) is 12.2 Å². The van der Waals surface area contributed by atoms with Crippen LogP contribution in [0.15, 0.2) is 29.5 Å². The van der Waals surface area contributed by atoms with Crippen molar-refractivity contribution >= 4 is 5.97 Å². The monoisotopic (exact) mass is 150 g/mol. The highest BCUT2D eigenvalue weighted by Gasteiger charge is 1.98. The Morgan fingerprint density at radius 1 is 1.64 bits per heavy atom. The molecule has 1 N–H and O–H groups in total. The molecule has 0 heterocycles. The average molecular weight is 150 g/mol. The topological polar surface area (TPSA) is 37.3 Å². The summed E-state index contributed by atoms with van der Waals surface area (Å²) in [5.41, 5.74) is 4.12. The van der Waals surface area contributed by atoms with Gasteiger partial charge in [-0.25, -0.2) is 0 Å². The van der Waals surface area contributed by atoms with Gasteiger partial charge in [-0.05, 0) is 24.5 Å². The van der Waals surface area contributed by atoms with Crippen LogP contribution in [0.5, 0.6) is 0 Å². The summed E-state index contributed by atoms with van der Waals surface area (Å²) >= 11 is 0. The van der Waals surface area contributed by atoms with Crippen LogP contribution >= 0.6 is 0 Å². The number of carbonyl (C=O) groups is 1. The fourth-order valence-corrected chi connectivity index (χ4v) is 0.953. The van der Waals surface area contributed by atoms with Crippen molar-refractivity contribution in [2.24, 2.45) is 0 Å². The van der Waals surface area contributed by atoms with E-state index in [2.05, 4.69) is 5.73 Å². The number of carboxylic acid groups (broad SMARTS) is 1. The van der Waals surface area contributed by atoms with Gasteiger partial charge in [0.15, 0.2) is 0 Å². The Labute approximate surface area is 65.5 Å². The molecule has 1 aliphatic carbocycles. The van der Waals surface area contributed by atoms with Gasteiger partial charge in [-0.15, -0.1) is 5.73 Å². The van der Waals surface area contributed by atoms with E-state index in [1.807, 2.05) is 18.2 Å². The van der Waals surface area contributed by atoms with Gasteiger partial charge in [0.1, 0.15) is 0 Å². The predicted octanol–water partition coefficient (Wildman–Crippen LogP) is 1.89. The maximum atomic E-state index is 10.1. The number of aliphatic carboxylic acids is 1. The van der Waals surface area contributed by atoms with Crippen LogP contribution in [-0.4, -0.2) is 11.1 Å². The van der Waals surface area contributed by atoms with Gasteiger partial charge in [0.25, 0.3) is 0 Å². The molecule has 0 radical (unpaired) electrons. The van der Waals surface area contributed by atoms with Crippen LogP contribution in [0.1, 0.15) is 19.3 Å². The Morgan fingerprint density at radius 3 is 3.00 bits per heavy atom. The van der Waals surface area contributed by atoms with Gasteiger partial charge in [-0.3, -0.25) is 4.79 Å². The largest absolute Gasteiger partial charge is 0.481 e. The zero-order valence-corrected chi connectivity index (χ0v) is 6.21. The Bertz CT molecular complexity index is 242. The van der Waals surface area contributed by atoms with Crippen LogP contribution in [0, 0.1) is 0 Å². The molecule has 58 valence electrons. The van der Waals surface area contributed by atoms with E-state index in [1.54, 1.807) is 0 Å². The van der Waals surface area contributed by atoms with Crippen molar-refractivity contribution < 1.29 is 9.90 Å². The van der Waals surface area contributed by atoms with Gasteiger partial charge in [0.05, 0.1) is 0 Å². The lowest BCUT2D eigenvalue weighted by Gasteiger charge is -1.93. The van der Waals surface area contributed by atoms with E-state index in [4.69, 9.17) is 5.11 Å². The zero-order valence-electron chi connectivity index (χ0n) is 6.21. The standard InChI is InChI=1S/C9H10O2/c10-9(11)7-3-6-8-4-1-2-5-8/h1-2,4H,3,6-7H2,(H,10,11). The zero-order chi connectivity index (χ0) is 8.10. The lowest BCUT2D eigenvalue weighted by atomic mass is 10.1. The SMILES string of the molecule is O=C(O)CCCC1=C=CC=C1. The summed E-state index contributed by atoms with van der Waals surface area (Å²) in [7, 11) is 0. The van der Waals surface area contributed by atoms with Crippen molar-refractivity contribution in [2.45, 2.75) is 19.3 Å². The number of hydrogen-bond donors (Lipinski definition) is 1. The second kappa shape index (κ2) is 3.79. The smallest absolute Gasteiger partial charge is 0.303 e. The molecule has 0 fully saturated rings. The molecule has 1 aliphatic rings. The first-order chi connectivity index (χ1) is 5.29. The third-order valence-electron chi connectivity index (χ3n) is 1.50. The lowest BCUT2D eigenvalue weighted by Crippen LogP contribution is -1.93. The van der Waals surface area contributed by atoms with Crippen molar-refractivity contribution in [2.75, 3.05) is 0 Å². The molecule has 0 aromatic heterocycles. The number of carboxylic acids is 1. The molecule has 0 aromatic rings. The molecule has 0 bridgehead atoms. The number of allylic oxidation sites excluding steroid dienone is 3. The molecule has 0 saturated carbocycles. The van der Waals surface area contributed by atoms with Crippen LogP contribution in [0.4, 0.5) is 0 Å². The van der Waals surface area contributed by atoms with Crippen LogP contribution in [-0.2, 0) is 4.79 Å². The molecule has 0 spiro atoms. The Morgan fingerprint density at radius 2 is 2.45 bits per heavy atom. The Kier molecular flexibility index (Phi) is 2.70. The molecule has 0 atom stereocenters. The van der Waals surface area contributed by atoms with E-state index in [-0.39, 0.29) is 6.42 Å². The van der Waals surface area contributed by atoms with Crippen molar-refractivity contribution in [3.05, 3.63) is 29.5 Å². The van der Waals surface area contributed by atoms with E-state index in [1.165, 1.54) is 0 Å². The Hall–Kier alpha value is -1.27. The highest BCUT2D eigenvalue weighted by molar-refractivity contribution is 5.66. The summed E-state index contributed by atoms with van der Waals surface area (Å²) in [6.45, 7) is 0. The molecule has 0 aromatic carbocycles. The van der Waals surface area contributed by atoms with Crippen molar-refractivity contribution in [1.29, 1.82) is 0 Å². The van der Waals surface area contributed by atoms with Gasteiger partial charge in [-0.2, -0.15) is 0 Å². The van der Waals surface area contributed by atoms with Gasteiger partial charge in [0, 0.05) is 6.42 Å². The fraction of sp³-hybridized carbons (Fsp3) is 0.333. The van der Waals surface area contributed by atoms with Gasteiger partial charge in [0.2, 0.25) is 0 Å². The van der Waals surface area contributed by atoms with Crippen LogP contribution in [0.25, 0.3) is 0 Å². The molecule has 1 rings (SSSR count). The maximum absolute atomic E-state index is 10.1. The molecule has 0 amide bonds. The second-order valence-corrected chi connectivity index (χ2v) is 2.44. The fourth-order valence-electron chi connectivity index (χ4n) is 0.953. The number of hydrogen-bond acceptors (Lipinski definition) is 1. The lowest BCUT2D eigenvalue weighted by molar-refractivity contribution is -0.137. The summed E-state index contributed by atoms with van der Waals surface area (Å²) < 4.78 is 0. The van der Waals surface area contributed by atoms with E-state index in [0.717, 1.165) is 12.0 Å². The highest BCUT2D eigenvalue weighted by atomic mass is 16.4. The first-order valence-electron chi connectivity index (χ1n) is 3.63. The molecule has 0 saturated heterocycles. The van der Waals surface area contributed by atoms with E-state index in [9.17, 15) is 4.79 Å². The summed E-state index contributed by atoms with van der Waals surface area (Å²) in [4.78, 5) is 10.1. The third kappa shape index (κ3) is 2.87. The minimum Gasteiger partial charge on any atom is -0.481 e. The van der Waals surface area contributed by atoms with Crippen LogP contribution in [0.2, 0.25) is 0 Å². The summed E-state index contributed by atoms with van der Waals surface area (Å²) in [6.07, 6.45) is 7.49. The molecule has 2 heteroatoms. The predicted molar refractivity (Wildman–Crippen MR) is 42.2 cm³/mol. The normalized spacial score (nSPS) is 13.6. The van der Waals surface area contributed by atoms with Gasteiger partial charge >= 0.3 is 5.97 Å². The number of rotatable bonds is 4. The Balaban J connectivity index is 2.18. The highest BCUT2D eigenvalue weighted by Crippen LogP contribution is 2.10. The van der Waals surface area contributed by atoms with Crippen LogP contribution in [0.3, 0.4) is 0 Å². The first-order valence-corrected chi connectivity index (χ1v) is 3.63. The second-order valence-electron chi connectivity index (χ2n) is 2.44. The maximum Gasteiger partial charge on any atom is 0.303 e. The third-order valence-corrected chi connectivity index (χ3v) is 1.50. The van der Waals surface area contributed by atoms with E-state index >= 15 is 0 Å². The molecule has 0 aliphatic heterocycles. The molecular formula is C9H10O2. The summed E-state index contributed by atoms with van der Waals surface area (Å²) in [6, 6.07) is 0. The van der Waals surface area contributed by atoms with E-state index < -0.39 is 5.97 Å². The average Bonchev–Trinajstić information content (AvgIpc) is 2.39. The van der Waals surface area contributed by atoms with E-state index in [0.29, 0.717) is 6.42 Å². The molecule has 2 nitrogen and oxygen atoms in total. The van der Waals surface area contributed by atoms with Crippen LogP contribution < -0.4 is 0 Å². The molecular weight excluding hydrogens is 140 g/mol. The van der Waals surface area contributed by atoms with Crippen molar-refractivity contribution in [3.63, 3.8) is 0 Å².